The van der Waals surface area contributed by atoms with Crippen LogP contribution in [0, 0.1) is 11.5 Å². The summed E-state index contributed by atoms with van der Waals surface area (Å²) in [6.07, 6.45) is 2.51. The lowest BCUT2D eigenvalue weighted by Crippen LogP contribution is -2.30. The van der Waals surface area contributed by atoms with Gasteiger partial charge in [-0.25, -0.2) is 0 Å². The average molecular weight is 297 g/mol. The largest absolute Gasteiger partial charge is 0.137 e. The number of rotatable bonds is 9. The van der Waals surface area contributed by atoms with Crippen LogP contribution < -0.4 is 0 Å². The number of unbranched alkanes of at least 4 members (excludes halogenated alkanes) is 1. The molecule has 2 heteroatoms. The second-order valence-corrected chi connectivity index (χ2v) is 16.6. The molecule has 0 heterocycles. The summed E-state index contributed by atoms with van der Waals surface area (Å²) in [5.74, 6) is 3.56. The minimum atomic E-state index is -1.19. The first kappa shape index (κ1) is 19.0. The molecule has 0 saturated heterocycles. The Labute approximate surface area is 124 Å². The quantitative estimate of drug-likeness (QED) is 0.265. The number of hydrogen-bond donors (Lipinski definition) is 0. The SMILES string of the molecule is CC[Si](C#CCCC[Si](CC)(CC)CC)(CC)CC. The maximum atomic E-state index is 3.73. The molecule has 0 aromatic rings. The van der Waals surface area contributed by atoms with E-state index in [1.54, 1.807) is 0 Å². The van der Waals surface area contributed by atoms with Gasteiger partial charge in [0.05, 0.1) is 8.07 Å². The Balaban J connectivity index is 4.31. The predicted molar refractivity (Wildman–Crippen MR) is 96.2 cm³/mol. The Kier molecular flexibility index (Phi) is 9.83. The standard InChI is InChI=1S/C17H36Si2/c1-7-18(8-2,9-3)16-14-13-15-17-19(10-4,11-5)12-6/h7-14,16H2,1-6H3. The molecule has 0 aliphatic heterocycles. The molecule has 0 unspecified atom stereocenters. The lowest BCUT2D eigenvalue weighted by Gasteiger charge is -2.27. The van der Waals surface area contributed by atoms with Crippen molar-refractivity contribution in [3.63, 3.8) is 0 Å². The molecule has 0 amide bonds. The van der Waals surface area contributed by atoms with Crippen LogP contribution in [0.5, 0.6) is 0 Å². The Bertz CT molecular complexity index is 261. The topological polar surface area (TPSA) is 0 Å². The third-order valence-corrected chi connectivity index (χ3v) is 16.3. The van der Waals surface area contributed by atoms with Crippen molar-refractivity contribution in [2.75, 3.05) is 0 Å². The van der Waals surface area contributed by atoms with E-state index in [4.69, 9.17) is 0 Å². The highest BCUT2D eigenvalue weighted by Gasteiger charge is 2.26. The van der Waals surface area contributed by atoms with Crippen molar-refractivity contribution >= 4 is 16.1 Å². The van der Waals surface area contributed by atoms with Crippen molar-refractivity contribution in [1.29, 1.82) is 0 Å². The van der Waals surface area contributed by atoms with Gasteiger partial charge in [0.15, 0.2) is 0 Å². The lowest BCUT2D eigenvalue weighted by atomic mass is 10.4. The highest BCUT2D eigenvalue weighted by atomic mass is 28.3. The van der Waals surface area contributed by atoms with E-state index in [1.807, 2.05) is 0 Å². The van der Waals surface area contributed by atoms with Crippen LogP contribution in [0.1, 0.15) is 54.4 Å². The Morgan fingerprint density at radius 2 is 1.16 bits per heavy atom. The van der Waals surface area contributed by atoms with E-state index in [2.05, 4.69) is 53.0 Å². The minimum absolute atomic E-state index is 0.895. The summed E-state index contributed by atoms with van der Waals surface area (Å²) in [5, 5.41) is 0. The van der Waals surface area contributed by atoms with Gasteiger partial charge in [-0.05, 0) is 24.6 Å². The zero-order valence-corrected chi connectivity index (χ0v) is 16.4. The molecule has 0 aliphatic carbocycles. The summed E-state index contributed by atoms with van der Waals surface area (Å²) in [7, 11) is -2.08. The first-order valence-electron chi connectivity index (χ1n) is 8.57. The van der Waals surface area contributed by atoms with E-state index < -0.39 is 16.1 Å². The van der Waals surface area contributed by atoms with Gasteiger partial charge in [0, 0.05) is 6.42 Å². The van der Waals surface area contributed by atoms with E-state index in [9.17, 15) is 0 Å². The monoisotopic (exact) mass is 296 g/mol. The zero-order valence-electron chi connectivity index (χ0n) is 14.4. The van der Waals surface area contributed by atoms with Gasteiger partial charge in [-0.1, -0.05) is 65.7 Å². The van der Waals surface area contributed by atoms with Crippen LogP contribution in [0.25, 0.3) is 0 Å². The molecule has 0 bridgehead atoms. The zero-order chi connectivity index (χ0) is 14.8. The second-order valence-electron chi connectivity index (χ2n) is 6.06. The molecule has 0 rings (SSSR count). The summed E-state index contributed by atoms with van der Waals surface area (Å²) in [6, 6.07) is 9.91. The second kappa shape index (κ2) is 9.83. The van der Waals surface area contributed by atoms with E-state index in [0.717, 1.165) is 6.42 Å². The summed E-state index contributed by atoms with van der Waals surface area (Å²) in [5.41, 5.74) is 3.73. The van der Waals surface area contributed by atoms with Gasteiger partial charge >= 0.3 is 0 Å². The van der Waals surface area contributed by atoms with E-state index >= 15 is 0 Å². The van der Waals surface area contributed by atoms with Gasteiger partial charge in [0.25, 0.3) is 0 Å². The van der Waals surface area contributed by atoms with Crippen LogP contribution in [-0.2, 0) is 0 Å². The van der Waals surface area contributed by atoms with Crippen LogP contribution in [0.4, 0.5) is 0 Å². The van der Waals surface area contributed by atoms with Crippen LogP contribution in [-0.4, -0.2) is 16.1 Å². The summed E-state index contributed by atoms with van der Waals surface area (Å²) in [6.45, 7) is 14.3. The molecule has 0 fully saturated rings. The molecule has 0 aromatic heterocycles. The molecule has 0 radical (unpaired) electrons. The fourth-order valence-corrected chi connectivity index (χ4v) is 9.12. The van der Waals surface area contributed by atoms with Crippen molar-refractivity contribution in [2.45, 2.75) is 96.7 Å². The maximum absolute atomic E-state index is 3.73. The third-order valence-electron chi connectivity index (χ3n) is 5.64. The fraction of sp³-hybridized carbons (Fsp3) is 0.882. The van der Waals surface area contributed by atoms with Crippen LogP contribution in [0.2, 0.25) is 42.3 Å². The van der Waals surface area contributed by atoms with Crippen LogP contribution in [0.15, 0.2) is 0 Å². The highest BCUT2D eigenvalue weighted by molar-refractivity contribution is 6.87. The minimum Gasteiger partial charge on any atom is -0.131 e. The molecule has 19 heavy (non-hydrogen) atoms. The van der Waals surface area contributed by atoms with Gasteiger partial charge < -0.3 is 0 Å². The van der Waals surface area contributed by atoms with Gasteiger partial charge in [-0.3, -0.25) is 0 Å². The Morgan fingerprint density at radius 1 is 0.684 bits per heavy atom. The Hall–Kier alpha value is -0.00623. The number of hydrogen-bond acceptors (Lipinski definition) is 0. The van der Waals surface area contributed by atoms with E-state index in [0.29, 0.717) is 0 Å². The summed E-state index contributed by atoms with van der Waals surface area (Å²) in [4.78, 5) is 0. The molecular weight excluding hydrogens is 260 g/mol. The molecule has 0 atom stereocenters. The van der Waals surface area contributed by atoms with Crippen molar-refractivity contribution < 1.29 is 0 Å². The highest BCUT2D eigenvalue weighted by Crippen LogP contribution is 2.27. The van der Waals surface area contributed by atoms with Crippen molar-refractivity contribution in [3.8, 4) is 11.5 Å². The van der Waals surface area contributed by atoms with Crippen molar-refractivity contribution in [1.82, 2.24) is 0 Å². The summed E-state index contributed by atoms with van der Waals surface area (Å²) < 4.78 is 0. The smallest absolute Gasteiger partial charge is 0.131 e. The predicted octanol–water partition coefficient (Wildman–Crippen LogP) is 6.33. The molecule has 0 N–H and O–H groups in total. The van der Waals surface area contributed by atoms with Gasteiger partial charge in [0.2, 0.25) is 0 Å². The van der Waals surface area contributed by atoms with Gasteiger partial charge in [-0.2, -0.15) is 0 Å². The molecule has 112 valence electrons. The van der Waals surface area contributed by atoms with E-state index in [-0.39, 0.29) is 0 Å². The molecule has 0 aliphatic rings. The van der Waals surface area contributed by atoms with Gasteiger partial charge in [0.1, 0.15) is 8.07 Å². The average Bonchev–Trinajstić information content (AvgIpc) is 2.48. The van der Waals surface area contributed by atoms with Gasteiger partial charge in [-0.15, -0.1) is 11.5 Å². The molecule has 0 aromatic carbocycles. The van der Waals surface area contributed by atoms with E-state index in [1.165, 1.54) is 48.7 Å². The van der Waals surface area contributed by atoms with Crippen molar-refractivity contribution in [2.24, 2.45) is 0 Å². The molecular formula is C17H36Si2. The van der Waals surface area contributed by atoms with Crippen LogP contribution >= 0.6 is 0 Å². The molecule has 0 nitrogen and oxygen atoms in total. The Morgan fingerprint density at radius 3 is 1.53 bits per heavy atom. The third kappa shape index (κ3) is 5.87. The molecule has 0 saturated carbocycles. The lowest BCUT2D eigenvalue weighted by molar-refractivity contribution is 0.925. The van der Waals surface area contributed by atoms with Crippen LogP contribution in [0.3, 0.4) is 0 Å². The van der Waals surface area contributed by atoms with Crippen molar-refractivity contribution in [3.05, 3.63) is 0 Å². The normalized spacial score (nSPS) is 12.1. The fourth-order valence-electron chi connectivity index (χ4n) is 3.10. The maximum Gasteiger partial charge on any atom is 0.137 e. The first-order chi connectivity index (χ1) is 9.07. The first-order valence-corrected chi connectivity index (χ1v) is 14.0. The molecule has 0 spiro atoms. The summed E-state index contributed by atoms with van der Waals surface area (Å²) >= 11 is 0.